The molecule has 1 aliphatic heterocycles. The van der Waals surface area contributed by atoms with E-state index in [9.17, 15) is 4.79 Å². The first-order chi connectivity index (χ1) is 9.20. The Balaban J connectivity index is 1.86. The van der Waals surface area contributed by atoms with Crippen LogP contribution in [0, 0.1) is 17.2 Å². The van der Waals surface area contributed by atoms with E-state index in [0.29, 0.717) is 25.4 Å². The van der Waals surface area contributed by atoms with E-state index in [1.165, 1.54) is 0 Å². The lowest BCUT2D eigenvalue weighted by Gasteiger charge is -2.38. The smallest absolute Gasteiger partial charge is 0.256 e. The zero-order chi connectivity index (χ0) is 13.4. The molecule has 1 aromatic heterocycles. The van der Waals surface area contributed by atoms with Gasteiger partial charge in [0, 0.05) is 49.6 Å². The van der Waals surface area contributed by atoms with E-state index >= 15 is 0 Å². The van der Waals surface area contributed by atoms with Gasteiger partial charge in [-0.05, 0) is 6.07 Å². The van der Waals surface area contributed by atoms with Crippen LogP contribution in [0.25, 0.3) is 10.9 Å². The molecule has 4 nitrogen and oxygen atoms in total. The first-order valence-corrected chi connectivity index (χ1v) is 6.41. The normalized spacial score (nSPS) is 15.3. The second-order valence-electron chi connectivity index (χ2n) is 5.11. The molecule has 0 atom stereocenters. The minimum Gasteiger partial charge on any atom is -0.350 e. The lowest BCUT2D eigenvalue weighted by Crippen LogP contribution is -2.49. The van der Waals surface area contributed by atoms with Gasteiger partial charge in [-0.25, -0.2) is 0 Å². The highest BCUT2D eigenvalue weighted by atomic mass is 16.2. The Morgan fingerprint density at radius 2 is 2.16 bits per heavy atom. The number of nitriles is 1. The lowest BCUT2D eigenvalue weighted by molar-refractivity contribution is 0.0510. The van der Waals surface area contributed by atoms with Crippen molar-refractivity contribution in [3.8, 4) is 6.07 Å². The van der Waals surface area contributed by atoms with Gasteiger partial charge in [0.25, 0.3) is 5.91 Å². The fourth-order valence-corrected chi connectivity index (χ4v) is 2.68. The molecule has 2 aromatic rings. The van der Waals surface area contributed by atoms with Crippen LogP contribution < -0.4 is 0 Å². The van der Waals surface area contributed by atoms with Crippen LogP contribution in [0.1, 0.15) is 16.8 Å². The van der Waals surface area contributed by atoms with Crippen LogP contribution in [0.3, 0.4) is 0 Å². The van der Waals surface area contributed by atoms with Crippen LogP contribution in [0.5, 0.6) is 0 Å². The zero-order valence-corrected chi connectivity index (χ0v) is 10.8. The SMILES string of the molecule is Cn1cc(C(=O)N2CC(CC#N)C2)c2ccccc21. The second-order valence-corrected chi connectivity index (χ2v) is 5.11. The van der Waals surface area contributed by atoms with Crippen LogP contribution in [0.15, 0.2) is 30.5 Å². The Hall–Kier alpha value is -2.28. The van der Waals surface area contributed by atoms with E-state index < -0.39 is 0 Å². The molecule has 1 aromatic carbocycles. The number of rotatable bonds is 2. The summed E-state index contributed by atoms with van der Waals surface area (Å²) in [7, 11) is 1.95. The lowest BCUT2D eigenvalue weighted by atomic mass is 9.96. The number of likely N-dealkylation sites (tertiary alicyclic amines) is 1. The summed E-state index contributed by atoms with van der Waals surface area (Å²) in [5, 5.41) is 9.63. The van der Waals surface area contributed by atoms with E-state index in [1.54, 1.807) is 0 Å². The summed E-state index contributed by atoms with van der Waals surface area (Å²) in [5.41, 5.74) is 1.83. The predicted molar refractivity (Wildman–Crippen MR) is 72.5 cm³/mol. The van der Waals surface area contributed by atoms with Gasteiger partial charge in [-0.2, -0.15) is 5.26 Å². The molecule has 0 N–H and O–H groups in total. The molecule has 0 radical (unpaired) electrons. The van der Waals surface area contributed by atoms with E-state index in [0.717, 1.165) is 16.5 Å². The van der Waals surface area contributed by atoms with Crippen LogP contribution >= 0.6 is 0 Å². The van der Waals surface area contributed by atoms with Crippen molar-refractivity contribution >= 4 is 16.8 Å². The Morgan fingerprint density at radius 3 is 2.89 bits per heavy atom. The average molecular weight is 253 g/mol. The molecule has 2 heterocycles. The Labute approximate surface area is 111 Å². The first-order valence-electron chi connectivity index (χ1n) is 6.41. The fraction of sp³-hybridized carbons (Fsp3) is 0.333. The molecule has 3 rings (SSSR count). The molecule has 1 amide bonds. The van der Waals surface area contributed by atoms with Gasteiger partial charge in [0.2, 0.25) is 0 Å². The van der Waals surface area contributed by atoms with Crippen molar-refractivity contribution in [3.63, 3.8) is 0 Å². The Kier molecular flexibility index (Phi) is 2.75. The third kappa shape index (κ3) is 1.88. The minimum absolute atomic E-state index is 0.0750. The molecule has 1 fully saturated rings. The van der Waals surface area contributed by atoms with E-state index in [4.69, 9.17) is 5.26 Å². The molecule has 0 saturated carbocycles. The minimum atomic E-state index is 0.0750. The molecular weight excluding hydrogens is 238 g/mol. The number of aromatic nitrogens is 1. The number of aryl methyl sites for hydroxylation is 1. The van der Waals surface area contributed by atoms with Crippen molar-refractivity contribution in [1.29, 1.82) is 5.26 Å². The van der Waals surface area contributed by atoms with Crippen molar-refractivity contribution in [2.75, 3.05) is 13.1 Å². The number of amides is 1. The highest BCUT2D eigenvalue weighted by Gasteiger charge is 2.32. The molecule has 0 unspecified atom stereocenters. The molecule has 1 saturated heterocycles. The second kappa shape index (κ2) is 4.43. The zero-order valence-electron chi connectivity index (χ0n) is 10.8. The highest BCUT2D eigenvalue weighted by Crippen LogP contribution is 2.26. The highest BCUT2D eigenvalue weighted by molar-refractivity contribution is 6.07. The van der Waals surface area contributed by atoms with Crippen LogP contribution in [-0.4, -0.2) is 28.5 Å². The quantitative estimate of drug-likeness (QED) is 0.823. The third-order valence-corrected chi connectivity index (χ3v) is 3.75. The summed E-state index contributed by atoms with van der Waals surface area (Å²) in [6.45, 7) is 1.41. The van der Waals surface area contributed by atoms with Gasteiger partial charge in [0.1, 0.15) is 0 Å². The van der Waals surface area contributed by atoms with E-state index in [1.807, 2.05) is 47.0 Å². The Bertz CT molecular complexity index is 674. The monoisotopic (exact) mass is 253 g/mol. The van der Waals surface area contributed by atoms with Gasteiger partial charge < -0.3 is 9.47 Å². The average Bonchev–Trinajstić information content (AvgIpc) is 2.71. The van der Waals surface area contributed by atoms with Gasteiger partial charge in [-0.3, -0.25) is 4.79 Å². The van der Waals surface area contributed by atoms with Gasteiger partial charge in [0.05, 0.1) is 11.6 Å². The summed E-state index contributed by atoms with van der Waals surface area (Å²) in [4.78, 5) is 14.3. The molecule has 96 valence electrons. The van der Waals surface area contributed by atoms with E-state index in [-0.39, 0.29) is 5.91 Å². The Morgan fingerprint density at radius 1 is 1.42 bits per heavy atom. The van der Waals surface area contributed by atoms with Crippen molar-refractivity contribution in [1.82, 2.24) is 9.47 Å². The maximum Gasteiger partial charge on any atom is 0.256 e. The molecule has 0 aliphatic carbocycles. The number of carbonyl (C=O) groups is 1. The molecule has 4 heteroatoms. The molecule has 19 heavy (non-hydrogen) atoms. The summed E-state index contributed by atoms with van der Waals surface area (Å²) >= 11 is 0. The number of carbonyl (C=O) groups excluding carboxylic acids is 1. The number of benzene rings is 1. The number of hydrogen-bond acceptors (Lipinski definition) is 2. The summed E-state index contributed by atoms with van der Waals surface area (Å²) in [6, 6.07) is 10.1. The summed E-state index contributed by atoms with van der Waals surface area (Å²) in [5.74, 6) is 0.426. The third-order valence-electron chi connectivity index (χ3n) is 3.75. The maximum atomic E-state index is 12.4. The van der Waals surface area contributed by atoms with Crippen molar-refractivity contribution in [2.45, 2.75) is 6.42 Å². The van der Waals surface area contributed by atoms with Gasteiger partial charge in [-0.1, -0.05) is 18.2 Å². The number of hydrogen-bond donors (Lipinski definition) is 0. The summed E-state index contributed by atoms with van der Waals surface area (Å²) in [6.07, 6.45) is 2.43. The van der Waals surface area contributed by atoms with Crippen molar-refractivity contribution < 1.29 is 4.79 Å². The number of fused-ring (bicyclic) bond motifs is 1. The molecule has 1 aliphatic rings. The molecular formula is C15H15N3O. The topological polar surface area (TPSA) is 49.0 Å². The summed E-state index contributed by atoms with van der Waals surface area (Å²) < 4.78 is 1.98. The van der Waals surface area contributed by atoms with E-state index in [2.05, 4.69) is 6.07 Å². The number of para-hydroxylation sites is 1. The van der Waals surface area contributed by atoms with Crippen LogP contribution in [0.2, 0.25) is 0 Å². The number of nitrogens with zero attached hydrogens (tertiary/aromatic N) is 3. The largest absolute Gasteiger partial charge is 0.350 e. The molecule has 0 bridgehead atoms. The van der Waals surface area contributed by atoms with Gasteiger partial charge >= 0.3 is 0 Å². The molecule has 0 spiro atoms. The maximum absolute atomic E-state index is 12.4. The van der Waals surface area contributed by atoms with Gasteiger partial charge in [-0.15, -0.1) is 0 Å². The fourth-order valence-electron chi connectivity index (χ4n) is 2.68. The standard InChI is InChI=1S/C15H15N3O/c1-17-10-13(12-4-2-3-5-14(12)17)15(19)18-8-11(9-18)6-7-16/h2-5,10-11H,6,8-9H2,1H3. The van der Waals surface area contributed by atoms with Gasteiger partial charge in [0.15, 0.2) is 0 Å². The predicted octanol–water partition coefficient (Wildman–Crippen LogP) is 2.16. The van der Waals surface area contributed by atoms with Crippen molar-refractivity contribution in [2.24, 2.45) is 13.0 Å². The van der Waals surface area contributed by atoms with Crippen molar-refractivity contribution in [3.05, 3.63) is 36.0 Å². The van der Waals surface area contributed by atoms with Crippen LogP contribution in [0.4, 0.5) is 0 Å². The first kappa shape index (κ1) is 11.8. The van der Waals surface area contributed by atoms with Crippen LogP contribution in [-0.2, 0) is 7.05 Å².